The van der Waals surface area contributed by atoms with Crippen LogP contribution in [0, 0.1) is 6.92 Å². The predicted octanol–water partition coefficient (Wildman–Crippen LogP) is 1.78. The van der Waals surface area contributed by atoms with Crippen molar-refractivity contribution in [1.82, 2.24) is 5.32 Å². The summed E-state index contributed by atoms with van der Waals surface area (Å²) in [5.74, 6) is 0. The minimum absolute atomic E-state index is 0.156. The van der Waals surface area contributed by atoms with Crippen LogP contribution in [0.5, 0.6) is 0 Å². The molecule has 2 heteroatoms. The number of piperidine rings is 1. The van der Waals surface area contributed by atoms with Gasteiger partial charge in [-0.1, -0.05) is 29.8 Å². The van der Waals surface area contributed by atoms with Gasteiger partial charge in [-0.05, 0) is 25.3 Å². The minimum Gasteiger partial charge on any atom is -0.392 e. The average molecular weight is 191 g/mol. The molecule has 0 spiro atoms. The maximum absolute atomic E-state index is 9.37. The molecule has 76 valence electrons. The molecule has 1 fully saturated rings. The van der Waals surface area contributed by atoms with Gasteiger partial charge in [0.2, 0.25) is 0 Å². The fraction of sp³-hybridized carbons (Fsp3) is 0.500. The maximum Gasteiger partial charge on any atom is 0.0665 e. The Kier molecular flexibility index (Phi) is 2.85. The van der Waals surface area contributed by atoms with E-state index in [4.69, 9.17) is 0 Å². The molecule has 2 atom stereocenters. The molecule has 0 aliphatic carbocycles. The van der Waals surface area contributed by atoms with Crippen LogP contribution in [-0.4, -0.2) is 17.8 Å². The van der Waals surface area contributed by atoms with Crippen molar-refractivity contribution >= 4 is 0 Å². The maximum atomic E-state index is 9.37. The Morgan fingerprint density at radius 3 is 2.86 bits per heavy atom. The van der Waals surface area contributed by atoms with E-state index in [9.17, 15) is 5.11 Å². The van der Waals surface area contributed by atoms with Crippen LogP contribution in [0.3, 0.4) is 0 Å². The fourth-order valence-corrected chi connectivity index (χ4v) is 2.01. The van der Waals surface area contributed by atoms with E-state index in [2.05, 4.69) is 36.5 Å². The lowest BCUT2D eigenvalue weighted by molar-refractivity contribution is 0.126. The SMILES string of the molecule is Cc1cccc(C2CCC(O)CN2)c1. The number of rotatable bonds is 1. The van der Waals surface area contributed by atoms with Gasteiger partial charge in [-0.15, -0.1) is 0 Å². The highest BCUT2D eigenvalue weighted by Gasteiger charge is 2.19. The summed E-state index contributed by atoms with van der Waals surface area (Å²) in [5.41, 5.74) is 2.65. The molecule has 0 radical (unpaired) electrons. The summed E-state index contributed by atoms with van der Waals surface area (Å²) in [5, 5.41) is 12.7. The zero-order valence-electron chi connectivity index (χ0n) is 8.53. The Balaban J connectivity index is 2.08. The number of aryl methyl sites for hydroxylation is 1. The number of benzene rings is 1. The number of hydrogen-bond acceptors (Lipinski definition) is 2. The normalized spacial score (nSPS) is 27.6. The highest BCUT2D eigenvalue weighted by atomic mass is 16.3. The second-order valence-electron chi connectivity index (χ2n) is 4.11. The smallest absolute Gasteiger partial charge is 0.0665 e. The molecule has 1 aromatic carbocycles. The first-order valence-electron chi connectivity index (χ1n) is 5.24. The topological polar surface area (TPSA) is 32.3 Å². The first-order valence-corrected chi connectivity index (χ1v) is 5.24. The summed E-state index contributed by atoms with van der Waals surface area (Å²) < 4.78 is 0. The third-order valence-electron chi connectivity index (χ3n) is 2.83. The van der Waals surface area contributed by atoms with Crippen LogP contribution >= 0.6 is 0 Å². The molecule has 1 heterocycles. The summed E-state index contributed by atoms with van der Waals surface area (Å²) in [6.07, 6.45) is 1.78. The zero-order chi connectivity index (χ0) is 9.97. The van der Waals surface area contributed by atoms with E-state index < -0.39 is 0 Å². The lowest BCUT2D eigenvalue weighted by atomic mass is 9.95. The molecule has 1 saturated heterocycles. The molecule has 2 rings (SSSR count). The number of aliphatic hydroxyl groups excluding tert-OH is 1. The predicted molar refractivity (Wildman–Crippen MR) is 57.2 cm³/mol. The van der Waals surface area contributed by atoms with E-state index in [1.54, 1.807) is 0 Å². The third kappa shape index (κ3) is 2.14. The molecule has 1 aromatic rings. The highest BCUT2D eigenvalue weighted by Crippen LogP contribution is 2.23. The molecule has 0 aromatic heterocycles. The van der Waals surface area contributed by atoms with E-state index in [1.165, 1.54) is 11.1 Å². The third-order valence-corrected chi connectivity index (χ3v) is 2.83. The number of β-amino-alcohol motifs (C(OH)–C–C–N with tert-alkyl or cyclic N) is 1. The lowest BCUT2D eigenvalue weighted by Crippen LogP contribution is -2.36. The molecule has 1 aliphatic rings. The van der Waals surface area contributed by atoms with E-state index in [-0.39, 0.29) is 6.10 Å². The molecule has 2 nitrogen and oxygen atoms in total. The summed E-state index contributed by atoms with van der Waals surface area (Å²) in [6, 6.07) is 9.01. The van der Waals surface area contributed by atoms with Crippen molar-refractivity contribution in [3.8, 4) is 0 Å². The summed E-state index contributed by atoms with van der Waals surface area (Å²) in [7, 11) is 0. The van der Waals surface area contributed by atoms with Gasteiger partial charge in [0.25, 0.3) is 0 Å². The van der Waals surface area contributed by atoms with Crippen molar-refractivity contribution in [1.29, 1.82) is 0 Å². The molecule has 0 bridgehead atoms. The molecule has 0 saturated carbocycles. The fourth-order valence-electron chi connectivity index (χ4n) is 2.01. The van der Waals surface area contributed by atoms with Gasteiger partial charge in [-0.3, -0.25) is 0 Å². The highest BCUT2D eigenvalue weighted by molar-refractivity contribution is 5.25. The van der Waals surface area contributed by atoms with Crippen LogP contribution in [0.2, 0.25) is 0 Å². The Bertz CT molecular complexity index is 303. The molecule has 1 aliphatic heterocycles. The molecule has 14 heavy (non-hydrogen) atoms. The average Bonchev–Trinajstić information content (AvgIpc) is 2.19. The molecule has 0 amide bonds. The van der Waals surface area contributed by atoms with Gasteiger partial charge >= 0.3 is 0 Å². The van der Waals surface area contributed by atoms with Crippen molar-refractivity contribution in [2.24, 2.45) is 0 Å². The lowest BCUT2D eigenvalue weighted by Gasteiger charge is -2.27. The largest absolute Gasteiger partial charge is 0.392 e. The van der Waals surface area contributed by atoms with Crippen LogP contribution in [0.15, 0.2) is 24.3 Å². The summed E-state index contributed by atoms with van der Waals surface area (Å²) in [6.45, 7) is 2.83. The number of hydrogen-bond donors (Lipinski definition) is 2. The minimum atomic E-state index is -0.156. The monoisotopic (exact) mass is 191 g/mol. The summed E-state index contributed by atoms with van der Waals surface area (Å²) in [4.78, 5) is 0. The first kappa shape index (κ1) is 9.69. The van der Waals surface area contributed by atoms with Crippen molar-refractivity contribution in [3.63, 3.8) is 0 Å². The second-order valence-corrected chi connectivity index (χ2v) is 4.11. The van der Waals surface area contributed by atoms with Gasteiger partial charge in [-0.2, -0.15) is 0 Å². The van der Waals surface area contributed by atoms with Gasteiger partial charge in [0.1, 0.15) is 0 Å². The van der Waals surface area contributed by atoms with E-state index in [0.29, 0.717) is 6.04 Å². The Morgan fingerprint density at radius 2 is 2.21 bits per heavy atom. The zero-order valence-corrected chi connectivity index (χ0v) is 8.53. The van der Waals surface area contributed by atoms with Crippen molar-refractivity contribution in [2.45, 2.75) is 31.9 Å². The Labute approximate surface area is 85.0 Å². The van der Waals surface area contributed by atoms with Crippen LogP contribution in [0.1, 0.15) is 30.0 Å². The van der Waals surface area contributed by atoms with E-state index in [0.717, 1.165) is 19.4 Å². The number of aliphatic hydroxyl groups is 1. The van der Waals surface area contributed by atoms with Crippen molar-refractivity contribution in [3.05, 3.63) is 35.4 Å². The van der Waals surface area contributed by atoms with Gasteiger partial charge in [0.05, 0.1) is 6.10 Å². The molecular weight excluding hydrogens is 174 g/mol. The second kappa shape index (κ2) is 4.11. The van der Waals surface area contributed by atoms with Crippen LogP contribution < -0.4 is 5.32 Å². The molecular formula is C12H17NO. The van der Waals surface area contributed by atoms with Crippen molar-refractivity contribution < 1.29 is 5.11 Å². The van der Waals surface area contributed by atoms with Gasteiger partial charge in [-0.25, -0.2) is 0 Å². The standard InChI is InChI=1S/C12H17NO/c1-9-3-2-4-10(7-9)12-6-5-11(14)8-13-12/h2-4,7,11-14H,5-6,8H2,1H3. The van der Waals surface area contributed by atoms with Gasteiger partial charge in [0.15, 0.2) is 0 Å². The van der Waals surface area contributed by atoms with Crippen LogP contribution in [0.25, 0.3) is 0 Å². The first-order chi connectivity index (χ1) is 6.75. The van der Waals surface area contributed by atoms with E-state index >= 15 is 0 Å². The molecule has 2 unspecified atom stereocenters. The van der Waals surface area contributed by atoms with Crippen LogP contribution in [-0.2, 0) is 0 Å². The molecule has 2 N–H and O–H groups in total. The Morgan fingerprint density at radius 1 is 1.36 bits per heavy atom. The van der Waals surface area contributed by atoms with Crippen LogP contribution in [0.4, 0.5) is 0 Å². The van der Waals surface area contributed by atoms with Gasteiger partial charge in [0, 0.05) is 12.6 Å². The quantitative estimate of drug-likeness (QED) is 0.709. The summed E-state index contributed by atoms with van der Waals surface area (Å²) >= 11 is 0. The Hall–Kier alpha value is -0.860. The van der Waals surface area contributed by atoms with E-state index in [1.807, 2.05) is 0 Å². The van der Waals surface area contributed by atoms with Gasteiger partial charge < -0.3 is 10.4 Å². The number of nitrogens with one attached hydrogen (secondary N) is 1. The van der Waals surface area contributed by atoms with Crippen molar-refractivity contribution in [2.75, 3.05) is 6.54 Å².